The summed E-state index contributed by atoms with van der Waals surface area (Å²) in [6.07, 6.45) is 4.02. The molecule has 0 aliphatic heterocycles. The molecule has 0 aliphatic rings. The Bertz CT molecular complexity index is 8630. The first-order valence-corrected chi connectivity index (χ1v) is 46.4. The molecule has 0 saturated heterocycles. The zero-order valence-corrected chi connectivity index (χ0v) is 74.2. The summed E-state index contributed by atoms with van der Waals surface area (Å²) in [6, 6.07) is 184. The van der Waals surface area contributed by atoms with Crippen LogP contribution in [0.5, 0.6) is 0 Å². The van der Waals surface area contributed by atoms with Gasteiger partial charge in [0.2, 0.25) is 0 Å². The van der Waals surface area contributed by atoms with Crippen molar-refractivity contribution in [2.75, 3.05) is 9.80 Å². The van der Waals surface area contributed by atoms with Crippen LogP contribution in [0.1, 0.15) is 0 Å². The van der Waals surface area contributed by atoms with Crippen LogP contribution in [0, 0.1) is 0 Å². The van der Waals surface area contributed by atoms with Gasteiger partial charge in [-0.05, 0) is 297 Å². The van der Waals surface area contributed by atoms with Gasteiger partial charge in [0.1, 0.15) is 0 Å². The molecule has 0 unspecified atom stereocenters. The summed E-state index contributed by atoms with van der Waals surface area (Å²) in [5.41, 5.74) is 35.7. The molecular formula is C128H86N8. The highest BCUT2D eigenvalue weighted by Gasteiger charge is 2.24. The molecule has 136 heavy (non-hydrogen) atoms. The van der Waals surface area contributed by atoms with E-state index in [2.05, 4.69) is 538 Å². The van der Waals surface area contributed by atoms with Gasteiger partial charge in [-0.3, -0.25) is 9.97 Å². The lowest BCUT2D eigenvalue weighted by atomic mass is 9.93. The Morgan fingerprint density at radius 2 is 0.390 bits per heavy atom. The fourth-order valence-corrected chi connectivity index (χ4v) is 20.4. The summed E-state index contributed by atoms with van der Waals surface area (Å²) in [7, 11) is 0. The third kappa shape index (κ3) is 14.5. The van der Waals surface area contributed by atoms with Gasteiger partial charge >= 0.3 is 0 Å². The normalized spacial score (nSPS) is 11.5. The molecule has 0 fully saturated rings. The zero-order chi connectivity index (χ0) is 89.9. The maximum atomic E-state index is 5.26. The van der Waals surface area contributed by atoms with E-state index in [0.29, 0.717) is 0 Å². The van der Waals surface area contributed by atoms with Crippen LogP contribution in [-0.4, -0.2) is 28.2 Å². The Labute approximate surface area is 787 Å². The summed E-state index contributed by atoms with van der Waals surface area (Å²) in [4.78, 5) is 15.1. The van der Waals surface area contributed by atoms with E-state index in [-0.39, 0.29) is 0 Å². The summed E-state index contributed by atoms with van der Waals surface area (Å²) >= 11 is 0. The molecule has 0 saturated carbocycles. The molecule has 8 heteroatoms. The molecule has 20 aromatic carbocycles. The second-order valence-corrected chi connectivity index (χ2v) is 34.9. The van der Waals surface area contributed by atoms with E-state index < -0.39 is 0 Å². The molecule has 0 amide bonds. The fraction of sp³-hybridized carbons (Fsp3) is 0. The van der Waals surface area contributed by atoms with Crippen molar-refractivity contribution in [2.24, 2.45) is 0 Å². The largest absolute Gasteiger partial charge is 0.309 e. The minimum Gasteiger partial charge on any atom is -0.309 e. The number of nitrogens with zero attached hydrogens (tertiary/aromatic N) is 8. The monoisotopic (exact) mass is 1730 g/mol. The number of fused-ring (bicyclic) bond motifs is 13. The van der Waals surface area contributed by atoms with Crippen LogP contribution in [-0.2, 0) is 0 Å². The first kappa shape index (κ1) is 79.9. The number of hydrogen-bond acceptors (Lipinski definition) is 4. The third-order valence-electron chi connectivity index (χ3n) is 26.8. The Kier molecular flexibility index (Phi) is 20.1. The molecule has 638 valence electrons. The Hall–Kier alpha value is -18.2. The van der Waals surface area contributed by atoms with Crippen molar-refractivity contribution in [3.63, 3.8) is 0 Å². The summed E-state index contributed by atoms with van der Waals surface area (Å²) in [6.45, 7) is 0. The molecule has 0 bridgehead atoms. The Balaban J connectivity index is 0.000000145. The van der Waals surface area contributed by atoms with E-state index in [1.54, 1.807) is 0 Å². The van der Waals surface area contributed by atoms with E-state index in [4.69, 9.17) is 9.97 Å². The quantitative estimate of drug-likeness (QED) is 0.0912. The zero-order valence-electron chi connectivity index (χ0n) is 74.2. The van der Waals surface area contributed by atoms with Crippen LogP contribution in [0.4, 0.5) is 34.1 Å². The number of aromatic nitrogens is 6. The second kappa shape index (κ2) is 34.2. The Morgan fingerprint density at radius 1 is 0.140 bits per heavy atom. The van der Waals surface area contributed by atoms with Crippen LogP contribution in [0.2, 0.25) is 0 Å². The highest BCUT2D eigenvalue weighted by atomic mass is 15.2. The fourth-order valence-electron chi connectivity index (χ4n) is 20.4. The van der Waals surface area contributed by atoms with Gasteiger partial charge in [0, 0.05) is 99.7 Å². The van der Waals surface area contributed by atoms with Gasteiger partial charge in [-0.1, -0.05) is 279 Å². The molecule has 6 heterocycles. The van der Waals surface area contributed by atoms with Gasteiger partial charge in [-0.15, -0.1) is 0 Å². The predicted molar refractivity (Wildman–Crippen MR) is 571 cm³/mol. The molecule has 6 aromatic heterocycles. The van der Waals surface area contributed by atoms with Gasteiger partial charge in [0.15, 0.2) is 0 Å². The van der Waals surface area contributed by atoms with Crippen LogP contribution in [0.25, 0.3) is 199 Å². The first-order chi connectivity index (χ1) is 67.4. The Morgan fingerprint density at radius 3 is 0.728 bits per heavy atom. The molecule has 26 rings (SSSR count). The first-order valence-electron chi connectivity index (χ1n) is 46.4. The van der Waals surface area contributed by atoms with Crippen molar-refractivity contribution < 1.29 is 0 Å². The topological polar surface area (TPSA) is 52.0 Å². The van der Waals surface area contributed by atoms with Crippen LogP contribution < -0.4 is 9.80 Å². The number of rotatable bonds is 17. The van der Waals surface area contributed by atoms with E-state index >= 15 is 0 Å². The summed E-state index contributed by atoms with van der Waals surface area (Å²) < 4.78 is 9.50. The van der Waals surface area contributed by atoms with Gasteiger partial charge in [0.05, 0.1) is 79.3 Å². The molecule has 0 spiro atoms. The van der Waals surface area contributed by atoms with Crippen molar-refractivity contribution >= 4 is 132 Å². The smallest absolute Gasteiger partial charge is 0.0704 e. The number of hydrogen-bond donors (Lipinski definition) is 0. The van der Waals surface area contributed by atoms with E-state index in [0.717, 1.165) is 124 Å². The standard InChI is InChI=1S/C65H44N4.C63H42N4/c1-5-17-45(18-6-1)46-29-33-55(34-30-46)67(52-19-7-2-8-20-52)56-35-36-61(66-44-56)51-40-49(47-31-37-64-59(42-47)57-25-13-15-27-62(57)68(64)53-21-9-3-10-22-53)39-50(41-51)48-32-38-65-60(43-48)58-26-14-16-28-63(58)69(65)54-23-11-4-12-24-54;1-4-18-50(19-5-1)65(53-31-28-43-16-10-11-17-44(43)39-53)54-32-33-59(64-42-54)49-37-47(45-29-34-62-57(40-45)55-24-12-14-26-60(55)66(62)51-20-6-2-7-21-51)36-48(38-49)46-30-35-63-58(41-46)56-25-13-15-27-61(56)67(63)52-22-8-3-9-23-52/h1-44H;1-42H. The van der Waals surface area contributed by atoms with Crippen LogP contribution in [0.3, 0.4) is 0 Å². The molecule has 0 aliphatic carbocycles. The maximum absolute atomic E-state index is 5.26. The number of benzene rings is 20. The molecule has 26 aromatic rings. The van der Waals surface area contributed by atoms with Crippen molar-refractivity contribution in [2.45, 2.75) is 0 Å². The van der Waals surface area contributed by atoms with E-state index in [1.165, 1.54) is 109 Å². The highest BCUT2D eigenvalue weighted by molar-refractivity contribution is 6.15. The average molecular weight is 1740 g/mol. The van der Waals surface area contributed by atoms with Crippen LogP contribution in [0.15, 0.2) is 522 Å². The van der Waals surface area contributed by atoms with Gasteiger partial charge < -0.3 is 28.1 Å². The van der Waals surface area contributed by atoms with Crippen molar-refractivity contribution in [1.82, 2.24) is 28.2 Å². The molecule has 0 radical (unpaired) electrons. The lowest BCUT2D eigenvalue weighted by molar-refractivity contribution is 1.18. The van der Waals surface area contributed by atoms with Crippen LogP contribution >= 0.6 is 0 Å². The minimum atomic E-state index is 0.901. The van der Waals surface area contributed by atoms with Gasteiger partial charge in [-0.2, -0.15) is 0 Å². The van der Waals surface area contributed by atoms with Crippen molar-refractivity contribution in [1.29, 1.82) is 0 Å². The summed E-state index contributed by atoms with van der Waals surface area (Å²) in [5, 5.41) is 12.2. The molecular weight excluding hydrogens is 1650 g/mol. The number of anilines is 6. The maximum Gasteiger partial charge on any atom is 0.0704 e. The second-order valence-electron chi connectivity index (χ2n) is 34.9. The average Bonchev–Trinajstić information content (AvgIpc) is 1.62. The molecule has 8 nitrogen and oxygen atoms in total. The van der Waals surface area contributed by atoms with Crippen molar-refractivity contribution in [3.05, 3.63) is 522 Å². The van der Waals surface area contributed by atoms with E-state index in [1.807, 2.05) is 12.4 Å². The minimum absolute atomic E-state index is 0.901. The third-order valence-corrected chi connectivity index (χ3v) is 26.8. The highest BCUT2D eigenvalue weighted by Crippen LogP contribution is 2.47. The number of para-hydroxylation sites is 10. The summed E-state index contributed by atoms with van der Waals surface area (Å²) in [5.74, 6) is 0. The predicted octanol–water partition coefficient (Wildman–Crippen LogP) is 34.3. The molecule has 0 atom stereocenters. The molecule has 0 N–H and O–H groups in total. The van der Waals surface area contributed by atoms with Gasteiger partial charge in [0.25, 0.3) is 0 Å². The number of pyridine rings is 2. The van der Waals surface area contributed by atoms with Crippen molar-refractivity contribution in [3.8, 4) is 101 Å². The lowest BCUT2D eigenvalue weighted by Gasteiger charge is -2.25. The van der Waals surface area contributed by atoms with Gasteiger partial charge in [-0.25, -0.2) is 0 Å². The van der Waals surface area contributed by atoms with E-state index in [9.17, 15) is 0 Å². The lowest BCUT2D eigenvalue weighted by Crippen LogP contribution is -2.10. The SMILES string of the molecule is c1ccc(-c2ccc(N(c3ccccc3)c3ccc(-c4cc(-c5ccc6c(c5)c5ccccc5n6-c5ccccc5)cc(-c5ccc6c(c5)c5ccccc5n6-c5ccccc5)c4)nc3)cc2)cc1.c1ccc(N(c2ccc(-c3cc(-c4ccc5c(c4)c4ccccc4n5-c4ccccc4)cc(-c4ccc5c(c4)c4ccccc4n5-c4ccccc4)c3)nc2)c2ccc3ccccc3c2)cc1.